The molecule has 0 aliphatic heterocycles. The predicted octanol–water partition coefficient (Wildman–Crippen LogP) is 5.88. The Labute approximate surface area is 259 Å². The Kier molecular flexibility index (Phi) is 10.9. The average molecular weight is 616 g/mol. The Balaban J connectivity index is 1.81. The number of hydrogen-bond donors (Lipinski definition) is 1. The molecular weight excluding hydrogens is 577 g/mol. The van der Waals surface area contributed by atoms with Crippen LogP contribution >= 0.6 is 0 Å². The molecule has 2 amide bonds. The summed E-state index contributed by atoms with van der Waals surface area (Å²) in [6.07, 6.45) is 0.887. The minimum absolute atomic E-state index is 0.0441. The van der Waals surface area contributed by atoms with Crippen LogP contribution in [0.1, 0.15) is 37.0 Å². The molecule has 0 aromatic heterocycles. The minimum atomic E-state index is -4.37. The van der Waals surface area contributed by atoms with Crippen LogP contribution in [0.3, 0.4) is 0 Å². The van der Waals surface area contributed by atoms with Crippen LogP contribution in [-0.4, -0.2) is 43.8 Å². The van der Waals surface area contributed by atoms with Crippen LogP contribution in [0, 0.1) is 12.7 Å². The van der Waals surface area contributed by atoms with E-state index in [2.05, 4.69) is 5.32 Å². The van der Waals surface area contributed by atoms with Crippen molar-refractivity contribution < 1.29 is 22.4 Å². The smallest absolute Gasteiger partial charge is 0.264 e. The van der Waals surface area contributed by atoms with Gasteiger partial charge in [0.05, 0.1) is 10.6 Å². The lowest BCUT2D eigenvalue weighted by Gasteiger charge is -2.34. The molecule has 0 fully saturated rings. The van der Waals surface area contributed by atoms with Gasteiger partial charge in [0, 0.05) is 19.0 Å². The first-order chi connectivity index (χ1) is 21.1. The number of nitrogens with one attached hydrogen (secondary N) is 1. The van der Waals surface area contributed by atoms with E-state index in [0.29, 0.717) is 6.42 Å². The molecule has 0 bridgehead atoms. The Morgan fingerprint density at radius 1 is 0.841 bits per heavy atom. The number of carbonyl (C=O) groups excluding carboxylic acids is 2. The molecule has 230 valence electrons. The molecule has 0 saturated heterocycles. The summed E-state index contributed by atoms with van der Waals surface area (Å²) in [7, 11) is -4.37. The third-order valence-corrected chi connectivity index (χ3v) is 9.21. The van der Waals surface area contributed by atoms with E-state index in [9.17, 15) is 18.0 Å². The lowest BCUT2D eigenvalue weighted by Crippen LogP contribution is -2.54. The van der Waals surface area contributed by atoms with Crippen LogP contribution in [0.25, 0.3) is 0 Å². The van der Waals surface area contributed by atoms with E-state index < -0.39 is 34.3 Å². The van der Waals surface area contributed by atoms with Gasteiger partial charge in [0.2, 0.25) is 11.8 Å². The molecule has 1 N–H and O–H groups in total. The third-order valence-electron chi connectivity index (χ3n) is 7.44. The number of aryl methyl sites for hydroxylation is 1. The van der Waals surface area contributed by atoms with Gasteiger partial charge in [-0.1, -0.05) is 97.4 Å². The highest BCUT2D eigenvalue weighted by Crippen LogP contribution is 2.27. The number of amides is 2. The van der Waals surface area contributed by atoms with Gasteiger partial charge in [-0.2, -0.15) is 0 Å². The zero-order chi connectivity index (χ0) is 31.7. The van der Waals surface area contributed by atoms with Gasteiger partial charge >= 0.3 is 0 Å². The molecule has 44 heavy (non-hydrogen) atoms. The lowest BCUT2D eigenvalue weighted by molar-refractivity contribution is -0.140. The van der Waals surface area contributed by atoms with Crippen molar-refractivity contribution in [2.75, 3.05) is 10.8 Å². The van der Waals surface area contributed by atoms with Crippen molar-refractivity contribution in [2.45, 2.75) is 57.1 Å². The molecule has 0 heterocycles. The van der Waals surface area contributed by atoms with Crippen molar-refractivity contribution in [3.05, 3.63) is 132 Å². The summed E-state index contributed by atoms with van der Waals surface area (Å²) in [4.78, 5) is 29.6. The normalized spacial score (nSPS) is 12.6. The van der Waals surface area contributed by atoms with Crippen LogP contribution in [-0.2, 0) is 32.6 Å². The first kappa shape index (κ1) is 32.4. The van der Waals surface area contributed by atoms with Gasteiger partial charge in [0.25, 0.3) is 10.0 Å². The molecule has 7 nitrogen and oxygen atoms in total. The van der Waals surface area contributed by atoms with E-state index in [4.69, 9.17) is 0 Å². The zero-order valence-electron chi connectivity index (χ0n) is 25.2. The standard InChI is InChI=1S/C35H38FN3O4S/c1-4-27(3)37-35(41)33(23-28-15-7-5-8-16-28)38(24-29-17-13-14-26(2)22-29)34(40)25-39(32-21-12-11-20-31(32)36)44(42,43)30-18-9-6-10-19-30/h5-22,27,33H,4,23-25H2,1-3H3,(H,37,41)/t27-,33+/m1/s1. The highest BCUT2D eigenvalue weighted by Gasteiger charge is 2.35. The highest BCUT2D eigenvalue weighted by molar-refractivity contribution is 7.92. The highest BCUT2D eigenvalue weighted by atomic mass is 32.2. The van der Waals surface area contributed by atoms with Crippen molar-refractivity contribution in [1.29, 1.82) is 0 Å². The maximum absolute atomic E-state index is 15.2. The van der Waals surface area contributed by atoms with Crippen LogP contribution in [0.15, 0.2) is 114 Å². The Hall–Kier alpha value is -4.50. The number of hydrogen-bond acceptors (Lipinski definition) is 4. The molecular formula is C35H38FN3O4S. The first-order valence-corrected chi connectivity index (χ1v) is 16.1. The fourth-order valence-electron chi connectivity index (χ4n) is 4.89. The Bertz CT molecular complexity index is 1670. The summed E-state index contributed by atoms with van der Waals surface area (Å²) in [5.74, 6) is -1.79. The number of para-hydroxylation sites is 1. The van der Waals surface area contributed by atoms with Gasteiger partial charge < -0.3 is 10.2 Å². The SMILES string of the molecule is CC[C@@H](C)NC(=O)[C@H](Cc1ccccc1)N(Cc1cccc(C)c1)C(=O)CN(c1ccccc1F)S(=O)(=O)c1ccccc1. The summed E-state index contributed by atoms with van der Waals surface area (Å²) in [5.41, 5.74) is 2.32. The van der Waals surface area contributed by atoms with Crippen molar-refractivity contribution in [3.63, 3.8) is 0 Å². The van der Waals surface area contributed by atoms with E-state index >= 15 is 4.39 Å². The van der Waals surface area contributed by atoms with Crippen molar-refractivity contribution in [3.8, 4) is 0 Å². The van der Waals surface area contributed by atoms with Crippen LogP contribution < -0.4 is 9.62 Å². The maximum Gasteiger partial charge on any atom is 0.264 e. The summed E-state index contributed by atoms with van der Waals surface area (Å²) >= 11 is 0. The summed E-state index contributed by atoms with van der Waals surface area (Å²) in [6, 6.07) is 28.8. The van der Waals surface area contributed by atoms with E-state index in [1.165, 1.54) is 35.2 Å². The monoisotopic (exact) mass is 615 g/mol. The van der Waals surface area contributed by atoms with Gasteiger partial charge in [0.1, 0.15) is 18.4 Å². The number of nitrogens with zero attached hydrogens (tertiary/aromatic N) is 2. The molecule has 2 atom stereocenters. The Morgan fingerprint density at radius 2 is 1.45 bits per heavy atom. The Morgan fingerprint density at radius 3 is 2.09 bits per heavy atom. The van der Waals surface area contributed by atoms with Crippen LogP contribution in [0.5, 0.6) is 0 Å². The van der Waals surface area contributed by atoms with Gasteiger partial charge in [0.15, 0.2) is 0 Å². The zero-order valence-corrected chi connectivity index (χ0v) is 26.0. The van der Waals surface area contributed by atoms with Crippen molar-refractivity contribution >= 4 is 27.5 Å². The van der Waals surface area contributed by atoms with Crippen molar-refractivity contribution in [2.24, 2.45) is 0 Å². The number of anilines is 1. The second-order valence-electron chi connectivity index (χ2n) is 10.8. The number of rotatable bonds is 13. The largest absolute Gasteiger partial charge is 0.352 e. The molecule has 4 rings (SSSR count). The molecule has 0 radical (unpaired) electrons. The summed E-state index contributed by atoms with van der Waals surface area (Å²) in [5, 5.41) is 3.01. The number of sulfonamides is 1. The topological polar surface area (TPSA) is 86.8 Å². The summed E-state index contributed by atoms with van der Waals surface area (Å²) < 4.78 is 43.8. The first-order valence-electron chi connectivity index (χ1n) is 14.6. The summed E-state index contributed by atoms with van der Waals surface area (Å²) in [6.45, 7) is 5.09. The molecule has 0 spiro atoms. The van der Waals surface area contributed by atoms with Gasteiger partial charge in [-0.25, -0.2) is 12.8 Å². The van der Waals surface area contributed by atoms with Gasteiger partial charge in [-0.05, 0) is 55.7 Å². The number of benzene rings is 4. The fraction of sp³-hybridized carbons (Fsp3) is 0.257. The predicted molar refractivity (Wildman–Crippen MR) is 171 cm³/mol. The van der Waals surface area contributed by atoms with E-state index in [0.717, 1.165) is 27.1 Å². The third kappa shape index (κ3) is 8.11. The van der Waals surface area contributed by atoms with E-state index in [1.807, 2.05) is 75.4 Å². The molecule has 4 aromatic carbocycles. The quantitative estimate of drug-likeness (QED) is 0.203. The fourth-order valence-corrected chi connectivity index (χ4v) is 6.33. The van der Waals surface area contributed by atoms with Crippen LogP contribution in [0.2, 0.25) is 0 Å². The molecule has 9 heteroatoms. The molecule has 0 aliphatic carbocycles. The lowest BCUT2D eigenvalue weighted by atomic mass is 10.0. The molecule has 0 aliphatic rings. The minimum Gasteiger partial charge on any atom is -0.352 e. The molecule has 4 aromatic rings. The van der Waals surface area contributed by atoms with Crippen LogP contribution in [0.4, 0.5) is 10.1 Å². The van der Waals surface area contributed by atoms with Gasteiger partial charge in [-0.15, -0.1) is 0 Å². The molecule has 0 unspecified atom stereocenters. The second-order valence-corrected chi connectivity index (χ2v) is 12.7. The molecule has 0 saturated carbocycles. The second kappa shape index (κ2) is 14.8. The maximum atomic E-state index is 15.2. The average Bonchev–Trinajstić information content (AvgIpc) is 3.02. The van der Waals surface area contributed by atoms with E-state index in [1.54, 1.807) is 18.2 Å². The van der Waals surface area contributed by atoms with Gasteiger partial charge in [-0.3, -0.25) is 13.9 Å². The number of halogens is 1. The van der Waals surface area contributed by atoms with E-state index in [-0.39, 0.29) is 35.5 Å². The number of carbonyl (C=O) groups is 2. The van der Waals surface area contributed by atoms with Crippen molar-refractivity contribution in [1.82, 2.24) is 10.2 Å².